The Balaban J connectivity index is 0.00000149. The molecule has 1 aromatic carbocycles. The van der Waals surface area contributed by atoms with E-state index in [4.69, 9.17) is 10.2 Å². The largest absolute Gasteiger partial charge is 0.459 e. The lowest BCUT2D eigenvalue weighted by Crippen LogP contribution is -2.32. The van der Waals surface area contributed by atoms with Crippen molar-refractivity contribution in [2.45, 2.75) is 40.2 Å². The van der Waals surface area contributed by atoms with Crippen molar-refractivity contribution < 1.29 is 14.0 Å². The highest BCUT2D eigenvalue weighted by Gasteiger charge is 2.26. The van der Waals surface area contributed by atoms with Crippen molar-refractivity contribution in [1.29, 1.82) is 0 Å². The number of furan rings is 1. The van der Waals surface area contributed by atoms with Gasteiger partial charge < -0.3 is 20.4 Å². The van der Waals surface area contributed by atoms with Crippen LogP contribution in [0.5, 0.6) is 0 Å². The average molecular weight is 449 g/mol. The number of hydrogen-bond donors (Lipinski definition) is 2. The van der Waals surface area contributed by atoms with Crippen molar-refractivity contribution in [2.24, 2.45) is 11.7 Å². The molecule has 1 aliphatic rings. The fourth-order valence-electron chi connectivity index (χ4n) is 3.86. The number of likely N-dealkylation sites (N-methyl/N-ethyl adjacent to an activating group) is 1. The lowest BCUT2D eigenvalue weighted by atomic mass is 9.92. The van der Waals surface area contributed by atoms with Gasteiger partial charge in [-0.05, 0) is 55.6 Å². The van der Waals surface area contributed by atoms with Crippen LogP contribution >= 0.6 is 0 Å². The molecule has 0 saturated heterocycles. The number of benzene rings is 1. The Bertz CT molecular complexity index is 1170. The van der Waals surface area contributed by atoms with E-state index >= 15 is 0 Å². The lowest BCUT2D eigenvalue weighted by Gasteiger charge is -2.23. The molecule has 0 saturated carbocycles. The van der Waals surface area contributed by atoms with E-state index in [0.717, 1.165) is 33.4 Å². The lowest BCUT2D eigenvalue weighted by molar-refractivity contribution is -0.125. The van der Waals surface area contributed by atoms with Gasteiger partial charge in [0.15, 0.2) is 0 Å². The van der Waals surface area contributed by atoms with Crippen molar-refractivity contribution in [3.05, 3.63) is 65.1 Å². The van der Waals surface area contributed by atoms with Crippen LogP contribution in [0.4, 0.5) is 5.82 Å². The molecule has 0 spiro atoms. The molecule has 1 unspecified atom stereocenters. The highest BCUT2D eigenvalue weighted by Crippen LogP contribution is 2.27. The molecule has 174 valence electrons. The van der Waals surface area contributed by atoms with Gasteiger partial charge in [-0.1, -0.05) is 32.0 Å². The molecule has 7 heteroatoms. The number of carbonyl (C=O) groups excluding carboxylic acids is 2. The first kappa shape index (κ1) is 24.2. The van der Waals surface area contributed by atoms with E-state index in [-0.39, 0.29) is 17.7 Å². The second-order valence-corrected chi connectivity index (χ2v) is 7.92. The van der Waals surface area contributed by atoms with Gasteiger partial charge in [-0.25, -0.2) is 4.98 Å². The van der Waals surface area contributed by atoms with Crippen molar-refractivity contribution >= 4 is 34.7 Å². The number of nitrogens with zero attached hydrogens (tertiary/aromatic N) is 2. The minimum absolute atomic E-state index is 0.0357. The molecule has 2 aromatic heterocycles. The molecule has 33 heavy (non-hydrogen) atoms. The SMILES string of the molecule is CC.Cc1c(CN(C)C(=O)/C=C/c2cnc3c(c2)CC(CCN)C(=O)N3)oc2ccccc12. The fourth-order valence-corrected chi connectivity index (χ4v) is 3.86. The summed E-state index contributed by atoms with van der Waals surface area (Å²) in [6.45, 7) is 6.86. The number of hydrogen-bond acceptors (Lipinski definition) is 5. The van der Waals surface area contributed by atoms with E-state index in [1.54, 1.807) is 24.2 Å². The minimum Gasteiger partial charge on any atom is -0.459 e. The summed E-state index contributed by atoms with van der Waals surface area (Å²) in [6.07, 6.45) is 6.16. The molecule has 3 aromatic rings. The minimum atomic E-state index is -0.140. The molecule has 0 aliphatic carbocycles. The van der Waals surface area contributed by atoms with Crippen LogP contribution in [0.1, 0.15) is 42.7 Å². The van der Waals surface area contributed by atoms with Crippen molar-refractivity contribution in [1.82, 2.24) is 9.88 Å². The number of nitrogens with two attached hydrogens (primary N) is 1. The van der Waals surface area contributed by atoms with Crippen LogP contribution in [0.15, 0.2) is 47.0 Å². The first-order chi connectivity index (χ1) is 16.0. The summed E-state index contributed by atoms with van der Waals surface area (Å²) in [5, 5.41) is 3.90. The van der Waals surface area contributed by atoms with Crippen LogP contribution in [-0.4, -0.2) is 35.3 Å². The first-order valence-electron chi connectivity index (χ1n) is 11.4. The van der Waals surface area contributed by atoms with Crippen LogP contribution < -0.4 is 11.1 Å². The first-order valence-corrected chi connectivity index (χ1v) is 11.4. The number of anilines is 1. The Kier molecular flexibility index (Phi) is 8.01. The van der Waals surface area contributed by atoms with Gasteiger partial charge in [0, 0.05) is 36.2 Å². The van der Waals surface area contributed by atoms with E-state index in [0.29, 0.717) is 31.7 Å². The third-order valence-electron chi connectivity index (χ3n) is 5.70. The van der Waals surface area contributed by atoms with Gasteiger partial charge >= 0.3 is 0 Å². The van der Waals surface area contributed by atoms with Crippen molar-refractivity contribution in [3.8, 4) is 0 Å². The summed E-state index contributed by atoms with van der Waals surface area (Å²) in [5.74, 6) is 1.05. The van der Waals surface area contributed by atoms with Gasteiger partial charge in [-0.2, -0.15) is 0 Å². The topological polar surface area (TPSA) is 101 Å². The molecule has 3 heterocycles. The number of nitrogens with one attached hydrogen (secondary N) is 1. The van der Waals surface area contributed by atoms with Crippen LogP contribution in [0.2, 0.25) is 0 Å². The number of rotatable bonds is 6. The number of amides is 2. The van der Waals surface area contributed by atoms with Gasteiger partial charge in [0.05, 0.1) is 6.54 Å². The number of fused-ring (bicyclic) bond motifs is 2. The maximum Gasteiger partial charge on any atom is 0.246 e. The maximum absolute atomic E-state index is 12.6. The Hall–Kier alpha value is -3.45. The zero-order valence-corrected chi connectivity index (χ0v) is 19.7. The van der Waals surface area contributed by atoms with Gasteiger partial charge in [-0.15, -0.1) is 0 Å². The summed E-state index contributed by atoms with van der Waals surface area (Å²) in [5.41, 5.74) is 9.25. The van der Waals surface area contributed by atoms with Gasteiger partial charge in [0.1, 0.15) is 17.2 Å². The molecule has 3 N–H and O–H groups in total. The summed E-state index contributed by atoms with van der Waals surface area (Å²) in [7, 11) is 1.75. The third kappa shape index (κ3) is 5.49. The molecule has 1 aliphatic heterocycles. The zero-order chi connectivity index (χ0) is 24.0. The predicted octanol–water partition coefficient (Wildman–Crippen LogP) is 4.29. The molecular weight excluding hydrogens is 416 g/mol. The quantitative estimate of drug-likeness (QED) is 0.548. The Morgan fingerprint density at radius 3 is 2.82 bits per heavy atom. The van der Waals surface area contributed by atoms with Gasteiger partial charge in [0.2, 0.25) is 11.8 Å². The summed E-state index contributed by atoms with van der Waals surface area (Å²) in [4.78, 5) is 30.6. The molecule has 0 radical (unpaired) electrons. The number of carbonyl (C=O) groups is 2. The average Bonchev–Trinajstić information content (AvgIpc) is 3.14. The Morgan fingerprint density at radius 1 is 1.33 bits per heavy atom. The number of aryl methyl sites for hydroxylation is 1. The highest BCUT2D eigenvalue weighted by molar-refractivity contribution is 5.95. The highest BCUT2D eigenvalue weighted by atomic mass is 16.3. The van der Waals surface area contributed by atoms with Crippen molar-refractivity contribution in [3.63, 3.8) is 0 Å². The predicted molar refractivity (Wildman–Crippen MR) is 132 cm³/mol. The zero-order valence-electron chi connectivity index (χ0n) is 19.7. The van der Waals surface area contributed by atoms with E-state index in [9.17, 15) is 9.59 Å². The molecule has 0 fully saturated rings. The van der Waals surface area contributed by atoms with E-state index < -0.39 is 0 Å². The molecule has 0 bridgehead atoms. The van der Waals surface area contributed by atoms with Crippen LogP contribution in [0.25, 0.3) is 17.0 Å². The normalized spacial score (nSPS) is 15.1. The van der Waals surface area contributed by atoms with Crippen LogP contribution in [0.3, 0.4) is 0 Å². The monoisotopic (exact) mass is 448 g/mol. The van der Waals surface area contributed by atoms with Gasteiger partial charge in [0.25, 0.3) is 0 Å². The Labute approximate surface area is 194 Å². The number of pyridine rings is 1. The number of aromatic nitrogens is 1. The summed E-state index contributed by atoms with van der Waals surface area (Å²) < 4.78 is 5.91. The third-order valence-corrected chi connectivity index (χ3v) is 5.70. The molecule has 2 amide bonds. The summed E-state index contributed by atoms with van der Waals surface area (Å²) >= 11 is 0. The van der Waals surface area contributed by atoms with E-state index in [1.165, 1.54) is 6.08 Å². The molecule has 7 nitrogen and oxygen atoms in total. The second-order valence-electron chi connectivity index (χ2n) is 7.92. The number of para-hydroxylation sites is 1. The molecular formula is C26H32N4O3. The Morgan fingerprint density at radius 2 is 2.09 bits per heavy atom. The van der Waals surface area contributed by atoms with E-state index in [1.807, 2.05) is 51.1 Å². The second kappa shape index (κ2) is 10.9. The summed E-state index contributed by atoms with van der Waals surface area (Å²) in [6, 6.07) is 9.81. The van der Waals surface area contributed by atoms with Crippen molar-refractivity contribution in [2.75, 3.05) is 18.9 Å². The van der Waals surface area contributed by atoms with Crippen LogP contribution in [0, 0.1) is 12.8 Å². The van der Waals surface area contributed by atoms with Gasteiger partial charge in [-0.3, -0.25) is 9.59 Å². The smallest absolute Gasteiger partial charge is 0.246 e. The van der Waals surface area contributed by atoms with E-state index in [2.05, 4.69) is 10.3 Å². The molecule has 4 rings (SSSR count). The van der Waals surface area contributed by atoms with Crippen LogP contribution in [-0.2, 0) is 22.6 Å². The maximum atomic E-state index is 12.6. The fraction of sp³-hybridized carbons (Fsp3) is 0.346. The standard InChI is InChI=1S/C24H26N4O3.C2H6/c1-15-19-5-3-4-6-20(19)31-21(15)14-28(2)22(29)8-7-16-11-18-12-17(9-10-25)24(30)27-23(18)26-13-16;1-2/h3-8,11,13,17H,9-10,12,14,25H2,1-2H3,(H,26,27,30);1-2H3/b8-7+;. The molecule has 1 atom stereocenters.